The average Bonchev–Trinajstić information content (AvgIpc) is 2.25. The quantitative estimate of drug-likeness (QED) is 0.756. The molecule has 0 aromatic heterocycles. The first-order valence-electron chi connectivity index (χ1n) is 5.39. The summed E-state index contributed by atoms with van der Waals surface area (Å²) >= 11 is 0. The number of carbonyl (C=O) groups is 2. The van der Waals surface area contributed by atoms with Gasteiger partial charge in [-0.3, -0.25) is 4.79 Å². The van der Waals surface area contributed by atoms with Gasteiger partial charge in [0.25, 0.3) is 0 Å². The van der Waals surface area contributed by atoms with Crippen molar-refractivity contribution < 1.29 is 14.7 Å². The minimum absolute atomic E-state index is 0.121. The van der Waals surface area contributed by atoms with Crippen LogP contribution in [0, 0.1) is 11.8 Å². The maximum atomic E-state index is 11.8. The predicted octanol–water partition coefficient (Wildman–Crippen LogP) is 1.34. The molecule has 0 aromatic rings. The standard InChI is InChI=1S/C12H17NO3/c1-8(2)10(12(15)16)13-11(14)9-6-4-3-5-7-9/h3-6,8-10H,7H2,1-2H3,(H,13,14)(H,15,16). The van der Waals surface area contributed by atoms with E-state index in [-0.39, 0.29) is 17.7 Å². The average molecular weight is 223 g/mol. The predicted molar refractivity (Wildman–Crippen MR) is 60.8 cm³/mol. The third kappa shape index (κ3) is 3.22. The van der Waals surface area contributed by atoms with E-state index in [4.69, 9.17) is 5.11 Å². The molecule has 1 amide bonds. The largest absolute Gasteiger partial charge is 0.480 e. The molecule has 4 nitrogen and oxygen atoms in total. The molecule has 16 heavy (non-hydrogen) atoms. The maximum absolute atomic E-state index is 11.8. The van der Waals surface area contributed by atoms with Crippen LogP contribution in [0.4, 0.5) is 0 Å². The summed E-state index contributed by atoms with van der Waals surface area (Å²) < 4.78 is 0. The highest BCUT2D eigenvalue weighted by molar-refractivity contribution is 5.86. The second kappa shape index (κ2) is 5.49. The molecule has 0 radical (unpaired) electrons. The molecule has 0 aromatic carbocycles. The van der Waals surface area contributed by atoms with E-state index in [1.165, 1.54) is 0 Å². The molecule has 0 spiro atoms. The van der Waals surface area contributed by atoms with Crippen LogP contribution in [-0.2, 0) is 9.59 Å². The summed E-state index contributed by atoms with van der Waals surface area (Å²) in [5, 5.41) is 11.5. The Morgan fingerprint density at radius 2 is 2.06 bits per heavy atom. The number of allylic oxidation sites excluding steroid dienone is 3. The van der Waals surface area contributed by atoms with Gasteiger partial charge in [0.1, 0.15) is 6.04 Å². The van der Waals surface area contributed by atoms with Gasteiger partial charge in [0.15, 0.2) is 0 Å². The molecular formula is C12H17NO3. The number of carboxylic acid groups (broad SMARTS) is 1. The molecule has 0 fully saturated rings. The number of hydrogen-bond acceptors (Lipinski definition) is 2. The van der Waals surface area contributed by atoms with E-state index in [0.717, 1.165) is 0 Å². The van der Waals surface area contributed by atoms with Gasteiger partial charge >= 0.3 is 5.97 Å². The van der Waals surface area contributed by atoms with Gasteiger partial charge in [-0.2, -0.15) is 0 Å². The first-order valence-corrected chi connectivity index (χ1v) is 5.39. The Labute approximate surface area is 95.0 Å². The normalized spacial score (nSPS) is 20.8. The van der Waals surface area contributed by atoms with E-state index >= 15 is 0 Å². The van der Waals surface area contributed by atoms with Crippen molar-refractivity contribution in [2.45, 2.75) is 26.3 Å². The Bertz CT molecular complexity index is 331. The number of nitrogens with one attached hydrogen (secondary N) is 1. The second-order valence-electron chi connectivity index (χ2n) is 4.22. The van der Waals surface area contributed by atoms with Gasteiger partial charge in [-0.1, -0.05) is 38.2 Å². The molecule has 1 aliphatic carbocycles. The highest BCUT2D eigenvalue weighted by atomic mass is 16.4. The summed E-state index contributed by atoms with van der Waals surface area (Å²) in [5.74, 6) is -1.57. The van der Waals surface area contributed by atoms with Gasteiger partial charge < -0.3 is 10.4 Å². The number of carbonyl (C=O) groups excluding carboxylic acids is 1. The topological polar surface area (TPSA) is 66.4 Å². The van der Waals surface area contributed by atoms with E-state index in [0.29, 0.717) is 6.42 Å². The molecule has 2 atom stereocenters. The fraction of sp³-hybridized carbons (Fsp3) is 0.500. The summed E-state index contributed by atoms with van der Waals surface area (Å²) in [6.07, 6.45) is 8.00. The minimum Gasteiger partial charge on any atom is -0.480 e. The molecule has 4 heteroatoms. The monoisotopic (exact) mass is 223 g/mol. The molecule has 88 valence electrons. The number of hydrogen-bond donors (Lipinski definition) is 2. The molecule has 1 rings (SSSR count). The lowest BCUT2D eigenvalue weighted by molar-refractivity contribution is -0.143. The van der Waals surface area contributed by atoms with Crippen LogP contribution < -0.4 is 5.32 Å². The zero-order chi connectivity index (χ0) is 12.1. The van der Waals surface area contributed by atoms with Crippen molar-refractivity contribution in [3.8, 4) is 0 Å². The van der Waals surface area contributed by atoms with Crippen LogP contribution in [-0.4, -0.2) is 23.0 Å². The Kier molecular flexibility index (Phi) is 4.28. The van der Waals surface area contributed by atoms with E-state index in [1.54, 1.807) is 26.0 Å². The zero-order valence-electron chi connectivity index (χ0n) is 9.51. The molecule has 0 bridgehead atoms. The molecular weight excluding hydrogens is 206 g/mol. The van der Waals surface area contributed by atoms with Gasteiger partial charge in [0.05, 0.1) is 5.92 Å². The number of rotatable bonds is 4. The zero-order valence-corrected chi connectivity index (χ0v) is 9.51. The highest BCUT2D eigenvalue weighted by Crippen LogP contribution is 2.12. The Morgan fingerprint density at radius 3 is 2.50 bits per heavy atom. The first-order chi connectivity index (χ1) is 7.52. The van der Waals surface area contributed by atoms with Gasteiger partial charge in [-0.05, 0) is 12.3 Å². The van der Waals surface area contributed by atoms with Crippen LogP contribution in [0.15, 0.2) is 24.3 Å². The molecule has 0 saturated carbocycles. The van der Waals surface area contributed by atoms with Crippen LogP contribution in [0.5, 0.6) is 0 Å². The van der Waals surface area contributed by atoms with Crippen molar-refractivity contribution in [3.63, 3.8) is 0 Å². The molecule has 0 heterocycles. The van der Waals surface area contributed by atoms with Crippen molar-refractivity contribution in [2.24, 2.45) is 11.8 Å². The molecule has 2 N–H and O–H groups in total. The second-order valence-corrected chi connectivity index (χ2v) is 4.22. The lowest BCUT2D eigenvalue weighted by Crippen LogP contribution is -2.46. The summed E-state index contributed by atoms with van der Waals surface area (Å²) in [7, 11) is 0. The number of amides is 1. The van der Waals surface area contributed by atoms with Crippen molar-refractivity contribution in [3.05, 3.63) is 24.3 Å². The summed E-state index contributed by atoms with van der Waals surface area (Å²) in [6.45, 7) is 3.55. The molecule has 1 aliphatic rings. The molecule has 0 aliphatic heterocycles. The Morgan fingerprint density at radius 1 is 1.38 bits per heavy atom. The first kappa shape index (κ1) is 12.5. The van der Waals surface area contributed by atoms with Crippen molar-refractivity contribution in [1.29, 1.82) is 0 Å². The SMILES string of the molecule is CC(C)C(NC(=O)C1C=CC=CC1)C(=O)O. The minimum atomic E-state index is -0.987. The van der Waals surface area contributed by atoms with Crippen LogP contribution in [0.25, 0.3) is 0 Å². The number of carboxylic acids is 1. The third-order valence-electron chi connectivity index (χ3n) is 2.55. The van der Waals surface area contributed by atoms with Crippen LogP contribution in [0.3, 0.4) is 0 Å². The van der Waals surface area contributed by atoms with Crippen LogP contribution in [0.2, 0.25) is 0 Å². The van der Waals surface area contributed by atoms with Gasteiger partial charge in [-0.25, -0.2) is 4.79 Å². The van der Waals surface area contributed by atoms with Crippen LogP contribution >= 0.6 is 0 Å². The smallest absolute Gasteiger partial charge is 0.326 e. The Hall–Kier alpha value is -1.58. The summed E-state index contributed by atoms with van der Waals surface area (Å²) in [4.78, 5) is 22.7. The molecule has 0 saturated heterocycles. The summed E-state index contributed by atoms with van der Waals surface area (Å²) in [6, 6.07) is -0.813. The lowest BCUT2D eigenvalue weighted by Gasteiger charge is -2.21. The van der Waals surface area contributed by atoms with E-state index in [9.17, 15) is 9.59 Å². The van der Waals surface area contributed by atoms with Gasteiger partial charge in [0.2, 0.25) is 5.91 Å². The number of aliphatic carboxylic acids is 1. The van der Waals surface area contributed by atoms with E-state index in [1.807, 2.05) is 12.2 Å². The lowest BCUT2D eigenvalue weighted by atomic mass is 9.98. The fourth-order valence-electron chi connectivity index (χ4n) is 1.55. The van der Waals surface area contributed by atoms with Gasteiger partial charge in [0, 0.05) is 0 Å². The van der Waals surface area contributed by atoms with E-state index < -0.39 is 12.0 Å². The fourth-order valence-corrected chi connectivity index (χ4v) is 1.55. The Balaban J connectivity index is 2.58. The highest BCUT2D eigenvalue weighted by Gasteiger charge is 2.26. The summed E-state index contributed by atoms with van der Waals surface area (Å²) in [5.41, 5.74) is 0. The maximum Gasteiger partial charge on any atom is 0.326 e. The van der Waals surface area contributed by atoms with Crippen molar-refractivity contribution >= 4 is 11.9 Å². The van der Waals surface area contributed by atoms with E-state index in [2.05, 4.69) is 5.32 Å². The van der Waals surface area contributed by atoms with Crippen LogP contribution in [0.1, 0.15) is 20.3 Å². The van der Waals surface area contributed by atoms with Gasteiger partial charge in [-0.15, -0.1) is 0 Å². The third-order valence-corrected chi connectivity index (χ3v) is 2.55. The van der Waals surface area contributed by atoms with Crippen molar-refractivity contribution in [2.75, 3.05) is 0 Å². The van der Waals surface area contributed by atoms with Crippen molar-refractivity contribution in [1.82, 2.24) is 5.32 Å². The molecule has 2 unspecified atom stereocenters.